The minimum atomic E-state index is 0.789. The zero-order valence-electron chi connectivity index (χ0n) is 8.25. The average Bonchev–Trinajstić information content (AvgIpc) is 2.19. The molecule has 0 atom stereocenters. The lowest BCUT2D eigenvalue weighted by atomic mass is 10.0. The van der Waals surface area contributed by atoms with Crippen molar-refractivity contribution in [1.82, 2.24) is 0 Å². The Bertz CT molecular complexity index is 475. The third kappa shape index (κ3) is 1.29. The standard InChI is InChI=1S/C12H14N2/c1-2-8-6-9-4-3-5-11(13)10(9)7-12(8)14/h3-7H,2,13-14H2,1H3. The van der Waals surface area contributed by atoms with E-state index in [1.54, 1.807) is 0 Å². The van der Waals surface area contributed by atoms with Gasteiger partial charge in [0.1, 0.15) is 0 Å². The lowest BCUT2D eigenvalue weighted by Gasteiger charge is -2.07. The highest BCUT2D eigenvalue weighted by atomic mass is 14.6. The van der Waals surface area contributed by atoms with E-state index >= 15 is 0 Å². The lowest BCUT2D eigenvalue weighted by molar-refractivity contribution is 1.15. The summed E-state index contributed by atoms with van der Waals surface area (Å²) in [6, 6.07) is 10.00. The van der Waals surface area contributed by atoms with Crippen molar-refractivity contribution >= 4 is 22.1 Å². The van der Waals surface area contributed by atoms with Crippen LogP contribution in [0, 0.1) is 0 Å². The molecule has 0 heterocycles. The van der Waals surface area contributed by atoms with Crippen molar-refractivity contribution in [2.24, 2.45) is 0 Å². The van der Waals surface area contributed by atoms with Crippen LogP contribution in [0.4, 0.5) is 11.4 Å². The fourth-order valence-electron chi connectivity index (χ4n) is 1.72. The predicted molar refractivity (Wildman–Crippen MR) is 62.2 cm³/mol. The summed E-state index contributed by atoms with van der Waals surface area (Å²) in [6.07, 6.45) is 0.955. The molecule has 2 nitrogen and oxygen atoms in total. The highest BCUT2D eigenvalue weighted by molar-refractivity contribution is 5.95. The van der Waals surface area contributed by atoms with E-state index in [-0.39, 0.29) is 0 Å². The molecular weight excluding hydrogens is 172 g/mol. The zero-order chi connectivity index (χ0) is 10.1. The number of rotatable bonds is 1. The number of fused-ring (bicyclic) bond motifs is 1. The molecule has 0 saturated carbocycles. The molecular formula is C12H14N2. The summed E-state index contributed by atoms with van der Waals surface area (Å²) in [6.45, 7) is 2.10. The van der Waals surface area contributed by atoms with Gasteiger partial charge in [0.25, 0.3) is 0 Å². The predicted octanol–water partition coefficient (Wildman–Crippen LogP) is 2.57. The topological polar surface area (TPSA) is 52.0 Å². The molecule has 0 saturated heterocycles. The van der Waals surface area contributed by atoms with Crippen LogP contribution >= 0.6 is 0 Å². The molecule has 0 radical (unpaired) electrons. The highest BCUT2D eigenvalue weighted by Crippen LogP contribution is 2.26. The van der Waals surface area contributed by atoms with E-state index in [4.69, 9.17) is 11.5 Å². The van der Waals surface area contributed by atoms with Gasteiger partial charge in [-0.05, 0) is 35.6 Å². The first kappa shape index (κ1) is 8.88. The van der Waals surface area contributed by atoms with E-state index in [2.05, 4.69) is 19.1 Å². The zero-order valence-corrected chi connectivity index (χ0v) is 8.25. The fraction of sp³-hybridized carbons (Fsp3) is 0.167. The second-order valence-corrected chi connectivity index (χ2v) is 3.47. The van der Waals surface area contributed by atoms with E-state index < -0.39 is 0 Å². The molecule has 14 heavy (non-hydrogen) atoms. The minimum absolute atomic E-state index is 0.789. The molecule has 2 aromatic rings. The fourth-order valence-corrected chi connectivity index (χ4v) is 1.72. The minimum Gasteiger partial charge on any atom is -0.398 e. The second-order valence-electron chi connectivity index (χ2n) is 3.47. The van der Waals surface area contributed by atoms with Gasteiger partial charge in [-0.2, -0.15) is 0 Å². The van der Waals surface area contributed by atoms with Gasteiger partial charge in [-0.15, -0.1) is 0 Å². The van der Waals surface area contributed by atoms with Crippen LogP contribution in [-0.4, -0.2) is 0 Å². The van der Waals surface area contributed by atoms with Gasteiger partial charge in [0, 0.05) is 16.8 Å². The summed E-state index contributed by atoms with van der Waals surface area (Å²) in [7, 11) is 0. The number of nitrogens with two attached hydrogens (primary N) is 2. The van der Waals surface area contributed by atoms with Crippen molar-refractivity contribution in [3.05, 3.63) is 35.9 Å². The number of benzene rings is 2. The van der Waals surface area contributed by atoms with Crippen LogP contribution in [0.15, 0.2) is 30.3 Å². The normalized spacial score (nSPS) is 10.6. The number of aryl methyl sites for hydroxylation is 1. The molecule has 0 aliphatic carbocycles. The number of anilines is 2. The lowest BCUT2D eigenvalue weighted by Crippen LogP contribution is -1.94. The van der Waals surface area contributed by atoms with Crippen LogP contribution in [0.25, 0.3) is 10.8 Å². The molecule has 0 amide bonds. The summed E-state index contributed by atoms with van der Waals surface area (Å²) in [5, 5.41) is 2.21. The Labute approximate surface area is 83.5 Å². The largest absolute Gasteiger partial charge is 0.398 e. The maximum Gasteiger partial charge on any atom is 0.0394 e. The molecule has 2 rings (SSSR count). The third-order valence-electron chi connectivity index (χ3n) is 2.55. The van der Waals surface area contributed by atoms with Gasteiger partial charge < -0.3 is 11.5 Å². The molecule has 2 aromatic carbocycles. The molecule has 0 spiro atoms. The summed E-state index contributed by atoms with van der Waals surface area (Å²) in [5.41, 5.74) is 14.6. The first-order valence-corrected chi connectivity index (χ1v) is 4.79. The van der Waals surface area contributed by atoms with Crippen molar-refractivity contribution in [1.29, 1.82) is 0 Å². The van der Waals surface area contributed by atoms with Crippen molar-refractivity contribution in [3.63, 3.8) is 0 Å². The quantitative estimate of drug-likeness (QED) is 0.672. The Balaban J connectivity index is 2.79. The average molecular weight is 186 g/mol. The van der Waals surface area contributed by atoms with E-state index in [1.807, 2.05) is 18.2 Å². The Morgan fingerprint density at radius 1 is 1.07 bits per heavy atom. The van der Waals surface area contributed by atoms with Gasteiger partial charge in [-0.1, -0.05) is 19.1 Å². The molecule has 0 unspecified atom stereocenters. The van der Waals surface area contributed by atoms with E-state index in [9.17, 15) is 0 Å². The van der Waals surface area contributed by atoms with Crippen LogP contribution in [0.2, 0.25) is 0 Å². The molecule has 0 fully saturated rings. The first-order chi connectivity index (χ1) is 6.72. The van der Waals surface area contributed by atoms with Crippen molar-refractivity contribution < 1.29 is 0 Å². The van der Waals surface area contributed by atoms with Gasteiger partial charge in [-0.3, -0.25) is 0 Å². The Hall–Kier alpha value is -1.70. The van der Waals surface area contributed by atoms with E-state index in [0.717, 1.165) is 28.6 Å². The van der Waals surface area contributed by atoms with Crippen molar-refractivity contribution in [2.75, 3.05) is 11.5 Å². The van der Waals surface area contributed by atoms with Crippen molar-refractivity contribution in [2.45, 2.75) is 13.3 Å². The van der Waals surface area contributed by atoms with E-state index in [1.165, 1.54) is 5.56 Å². The Morgan fingerprint density at radius 3 is 2.57 bits per heavy atom. The van der Waals surface area contributed by atoms with E-state index in [0.29, 0.717) is 0 Å². The van der Waals surface area contributed by atoms with Gasteiger partial charge in [0.2, 0.25) is 0 Å². The summed E-state index contributed by atoms with van der Waals surface area (Å²) in [5.74, 6) is 0. The Kier molecular flexibility index (Phi) is 2.04. The SMILES string of the molecule is CCc1cc2cccc(N)c2cc1N. The smallest absolute Gasteiger partial charge is 0.0394 e. The molecule has 2 heteroatoms. The van der Waals surface area contributed by atoms with Crippen molar-refractivity contribution in [3.8, 4) is 0 Å². The van der Waals surface area contributed by atoms with Gasteiger partial charge in [-0.25, -0.2) is 0 Å². The van der Waals surface area contributed by atoms with Gasteiger partial charge >= 0.3 is 0 Å². The van der Waals surface area contributed by atoms with Crippen LogP contribution in [0.3, 0.4) is 0 Å². The first-order valence-electron chi connectivity index (χ1n) is 4.79. The molecule has 0 aliphatic rings. The molecule has 0 aromatic heterocycles. The maximum atomic E-state index is 5.91. The molecule has 0 bridgehead atoms. The summed E-state index contributed by atoms with van der Waals surface area (Å²) in [4.78, 5) is 0. The van der Waals surface area contributed by atoms with Crippen LogP contribution in [0.1, 0.15) is 12.5 Å². The Morgan fingerprint density at radius 2 is 1.86 bits per heavy atom. The molecule has 72 valence electrons. The second kappa shape index (κ2) is 3.22. The highest BCUT2D eigenvalue weighted by Gasteiger charge is 2.02. The molecule has 4 N–H and O–H groups in total. The summed E-state index contributed by atoms with van der Waals surface area (Å²) >= 11 is 0. The third-order valence-corrected chi connectivity index (χ3v) is 2.55. The molecule has 0 aliphatic heterocycles. The monoisotopic (exact) mass is 186 g/mol. The number of hydrogen-bond donors (Lipinski definition) is 2. The maximum absolute atomic E-state index is 5.91. The summed E-state index contributed by atoms with van der Waals surface area (Å²) < 4.78 is 0. The van der Waals surface area contributed by atoms with Gasteiger partial charge in [0.15, 0.2) is 0 Å². The number of hydrogen-bond acceptors (Lipinski definition) is 2. The van der Waals surface area contributed by atoms with Gasteiger partial charge in [0.05, 0.1) is 0 Å². The number of nitrogen functional groups attached to an aromatic ring is 2. The van der Waals surface area contributed by atoms with Crippen LogP contribution in [0.5, 0.6) is 0 Å². The van der Waals surface area contributed by atoms with Crippen LogP contribution in [-0.2, 0) is 6.42 Å². The van der Waals surface area contributed by atoms with Crippen LogP contribution < -0.4 is 11.5 Å².